The van der Waals surface area contributed by atoms with Gasteiger partial charge in [-0.3, -0.25) is 14.4 Å². The topological polar surface area (TPSA) is 81.2 Å². The van der Waals surface area contributed by atoms with E-state index in [4.69, 9.17) is 0 Å². The standard InChI is InChI=1S/C32H43N3O4S/c1-2-3-9-18-33-20-13-17-32-27(30(38)35(28(32)31(33)39)21-10-4-5-11-22-36)26-25(40-32)16-12-19-34(29(26)37)23-24-14-7-6-8-15-24/h6-8,12-17,25-28,36H,2-5,9-11,18-23H2,1H3/t25-,26+,27-,28?,32-/m0/s1. The van der Waals surface area contributed by atoms with Gasteiger partial charge in [-0.1, -0.05) is 87.2 Å². The summed E-state index contributed by atoms with van der Waals surface area (Å²) in [6.45, 7) is 5.09. The number of fused-ring (bicyclic) bond motifs is 2. The van der Waals surface area contributed by atoms with Gasteiger partial charge in [0.1, 0.15) is 6.04 Å². The second kappa shape index (κ2) is 12.9. The van der Waals surface area contributed by atoms with Crippen LogP contribution in [-0.4, -0.2) is 86.4 Å². The van der Waals surface area contributed by atoms with E-state index in [0.717, 1.165) is 50.5 Å². The third-order valence-corrected chi connectivity index (χ3v) is 10.6. The van der Waals surface area contributed by atoms with Gasteiger partial charge < -0.3 is 19.8 Å². The van der Waals surface area contributed by atoms with Crippen molar-refractivity contribution >= 4 is 29.5 Å². The fourth-order valence-corrected chi connectivity index (χ4v) is 8.93. The third kappa shape index (κ3) is 5.49. The molecule has 4 heterocycles. The molecular formula is C32H43N3O4S. The number of aliphatic hydroxyl groups excluding tert-OH is 1. The average Bonchev–Trinajstić information content (AvgIpc) is 3.28. The van der Waals surface area contributed by atoms with E-state index in [-0.39, 0.29) is 29.6 Å². The van der Waals surface area contributed by atoms with Crippen LogP contribution in [0.1, 0.15) is 57.4 Å². The van der Waals surface area contributed by atoms with Crippen LogP contribution in [0.15, 0.2) is 54.6 Å². The van der Waals surface area contributed by atoms with Crippen LogP contribution in [0.5, 0.6) is 0 Å². The zero-order chi connectivity index (χ0) is 28.1. The van der Waals surface area contributed by atoms with Crippen LogP contribution in [-0.2, 0) is 20.9 Å². The van der Waals surface area contributed by atoms with E-state index in [1.807, 2.05) is 45.0 Å². The van der Waals surface area contributed by atoms with Crippen LogP contribution < -0.4 is 0 Å². The predicted molar refractivity (Wildman–Crippen MR) is 158 cm³/mol. The number of carbonyl (C=O) groups is 3. The van der Waals surface area contributed by atoms with Crippen molar-refractivity contribution < 1.29 is 19.5 Å². The molecular weight excluding hydrogens is 522 g/mol. The highest BCUT2D eigenvalue weighted by Crippen LogP contribution is 2.61. The molecule has 0 aliphatic carbocycles. The van der Waals surface area contributed by atoms with Gasteiger partial charge in [0.2, 0.25) is 17.7 Å². The first-order valence-corrected chi connectivity index (χ1v) is 15.9. The maximum absolute atomic E-state index is 14.3. The summed E-state index contributed by atoms with van der Waals surface area (Å²) in [5.74, 6) is -1.08. The first-order chi connectivity index (χ1) is 19.5. The first-order valence-electron chi connectivity index (χ1n) is 15.1. The van der Waals surface area contributed by atoms with Crippen LogP contribution >= 0.6 is 11.8 Å². The Morgan fingerprint density at radius 1 is 0.875 bits per heavy atom. The summed E-state index contributed by atoms with van der Waals surface area (Å²) in [5.41, 5.74) is 1.07. The van der Waals surface area contributed by atoms with Crippen molar-refractivity contribution in [3.63, 3.8) is 0 Å². The number of nitrogens with zero attached hydrogens (tertiary/aromatic N) is 3. The molecule has 1 N–H and O–H groups in total. The van der Waals surface area contributed by atoms with E-state index in [9.17, 15) is 19.5 Å². The Hall–Kier alpha value is -2.58. The molecule has 7 nitrogen and oxygen atoms in total. The van der Waals surface area contributed by atoms with E-state index < -0.39 is 22.6 Å². The Morgan fingerprint density at radius 3 is 2.40 bits per heavy atom. The number of thioether (sulfide) groups is 1. The second-order valence-electron chi connectivity index (χ2n) is 11.5. The predicted octanol–water partition coefficient (Wildman–Crippen LogP) is 4.02. The minimum Gasteiger partial charge on any atom is -0.396 e. The van der Waals surface area contributed by atoms with Crippen LogP contribution in [0.3, 0.4) is 0 Å². The van der Waals surface area contributed by atoms with Crippen LogP contribution in [0, 0.1) is 11.8 Å². The molecule has 4 aliphatic heterocycles. The number of carbonyl (C=O) groups excluding carboxylic acids is 3. The molecule has 1 unspecified atom stereocenters. The normalized spacial score (nSPS) is 29.4. The quantitative estimate of drug-likeness (QED) is 0.306. The summed E-state index contributed by atoms with van der Waals surface area (Å²) in [7, 11) is 0. The molecule has 216 valence electrons. The molecule has 4 aliphatic rings. The van der Waals surface area contributed by atoms with Gasteiger partial charge in [0.05, 0.1) is 16.6 Å². The molecule has 1 aromatic rings. The molecule has 0 aromatic heterocycles. The molecule has 0 radical (unpaired) electrons. The Balaban J connectivity index is 1.45. The lowest BCUT2D eigenvalue weighted by Gasteiger charge is -2.35. The number of amides is 3. The minimum atomic E-state index is -0.746. The fraction of sp³-hybridized carbons (Fsp3) is 0.594. The van der Waals surface area contributed by atoms with Gasteiger partial charge >= 0.3 is 0 Å². The van der Waals surface area contributed by atoms with Gasteiger partial charge in [0.25, 0.3) is 0 Å². The number of benzene rings is 1. The maximum atomic E-state index is 14.3. The molecule has 8 heteroatoms. The van der Waals surface area contributed by atoms with E-state index in [2.05, 4.69) is 31.2 Å². The van der Waals surface area contributed by atoms with Crippen molar-refractivity contribution in [1.29, 1.82) is 0 Å². The van der Waals surface area contributed by atoms with E-state index >= 15 is 0 Å². The Kier molecular flexibility index (Phi) is 9.36. The fourth-order valence-electron chi connectivity index (χ4n) is 6.92. The zero-order valence-corrected chi connectivity index (χ0v) is 24.4. The lowest BCUT2D eigenvalue weighted by Crippen LogP contribution is -2.53. The SMILES string of the molecule is CCCCCN1CC=C[C@]23S[C@H]4C=CCN(Cc5ccccc5)C(=O)[C@H]4[C@H]2C(=O)N(CCCCCCO)C3C1=O. The highest BCUT2D eigenvalue weighted by molar-refractivity contribution is 8.02. The van der Waals surface area contributed by atoms with Gasteiger partial charge in [-0.2, -0.15) is 0 Å². The van der Waals surface area contributed by atoms with Gasteiger partial charge in [-0.05, 0) is 24.8 Å². The summed E-state index contributed by atoms with van der Waals surface area (Å²) in [5, 5.41) is 9.03. The van der Waals surface area contributed by atoms with Crippen molar-refractivity contribution in [3.8, 4) is 0 Å². The summed E-state index contributed by atoms with van der Waals surface area (Å²) >= 11 is 1.66. The smallest absolute Gasteiger partial charge is 0.247 e. The summed E-state index contributed by atoms with van der Waals surface area (Å²) < 4.78 is -0.746. The minimum absolute atomic E-state index is 0.00928. The number of unbranched alkanes of at least 4 members (excludes halogenated alkanes) is 5. The first kappa shape index (κ1) is 28.9. The largest absolute Gasteiger partial charge is 0.396 e. The molecule has 2 fully saturated rings. The lowest BCUT2D eigenvalue weighted by molar-refractivity contribution is -0.144. The third-order valence-electron chi connectivity index (χ3n) is 8.88. The van der Waals surface area contributed by atoms with Crippen LogP contribution in [0.2, 0.25) is 0 Å². The number of rotatable bonds is 12. The van der Waals surface area contributed by atoms with Gasteiger partial charge in [0.15, 0.2) is 0 Å². The Bertz CT molecular complexity index is 1120. The number of hydrogen-bond acceptors (Lipinski definition) is 5. The molecule has 5 atom stereocenters. The number of hydrogen-bond donors (Lipinski definition) is 1. The van der Waals surface area contributed by atoms with Gasteiger partial charge in [-0.15, -0.1) is 11.8 Å². The molecule has 0 saturated carbocycles. The van der Waals surface area contributed by atoms with Gasteiger partial charge in [-0.25, -0.2) is 0 Å². The summed E-state index contributed by atoms with van der Waals surface area (Å²) in [6.07, 6.45) is 14.8. The Morgan fingerprint density at radius 2 is 1.62 bits per heavy atom. The monoisotopic (exact) mass is 565 g/mol. The Labute approximate surface area is 242 Å². The van der Waals surface area contributed by atoms with Crippen molar-refractivity contribution in [3.05, 3.63) is 60.2 Å². The van der Waals surface area contributed by atoms with Crippen LogP contribution in [0.4, 0.5) is 0 Å². The summed E-state index contributed by atoms with van der Waals surface area (Å²) in [4.78, 5) is 48.4. The maximum Gasteiger partial charge on any atom is 0.247 e. The van der Waals surface area contributed by atoms with Crippen molar-refractivity contribution in [1.82, 2.24) is 14.7 Å². The molecule has 0 bridgehead atoms. The average molecular weight is 566 g/mol. The van der Waals surface area contributed by atoms with E-state index in [1.165, 1.54) is 0 Å². The molecule has 2 saturated heterocycles. The van der Waals surface area contributed by atoms with E-state index in [0.29, 0.717) is 32.7 Å². The molecule has 1 spiro atoms. The second-order valence-corrected chi connectivity index (χ2v) is 13.0. The van der Waals surface area contributed by atoms with E-state index in [1.54, 1.807) is 11.8 Å². The number of aliphatic hydroxyl groups is 1. The highest BCUT2D eigenvalue weighted by atomic mass is 32.2. The van der Waals surface area contributed by atoms with Gasteiger partial charge in [0, 0.05) is 44.6 Å². The number of likely N-dealkylation sites (tertiary alicyclic amines) is 1. The highest BCUT2D eigenvalue weighted by Gasteiger charge is 2.70. The van der Waals surface area contributed by atoms with Crippen molar-refractivity contribution in [2.45, 2.75) is 74.5 Å². The molecule has 40 heavy (non-hydrogen) atoms. The van der Waals surface area contributed by atoms with Crippen molar-refractivity contribution in [2.24, 2.45) is 11.8 Å². The zero-order valence-electron chi connectivity index (χ0n) is 23.6. The summed E-state index contributed by atoms with van der Waals surface area (Å²) in [6, 6.07) is 9.39. The lowest BCUT2D eigenvalue weighted by atomic mass is 9.78. The molecule has 1 aromatic carbocycles. The molecule has 3 amide bonds. The molecule has 5 rings (SSSR count). The van der Waals surface area contributed by atoms with Crippen LogP contribution in [0.25, 0.3) is 0 Å². The van der Waals surface area contributed by atoms with Crippen molar-refractivity contribution in [2.75, 3.05) is 32.8 Å².